The molecule has 1 saturated heterocycles. The molecule has 0 spiro atoms. The minimum absolute atomic E-state index is 0.281. The fourth-order valence-electron chi connectivity index (χ4n) is 3.40. The number of hydrogen-bond acceptors (Lipinski definition) is 2. The normalized spacial score (nSPS) is 31.8. The molecule has 2 atom stereocenters. The van der Waals surface area contributed by atoms with Crippen molar-refractivity contribution in [3.05, 3.63) is 35.4 Å². The highest BCUT2D eigenvalue weighted by Crippen LogP contribution is 2.46. The minimum atomic E-state index is -0.281. The van der Waals surface area contributed by atoms with E-state index in [1.165, 1.54) is 11.1 Å². The van der Waals surface area contributed by atoms with Crippen LogP contribution in [0.15, 0.2) is 24.3 Å². The van der Waals surface area contributed by atoms with Crippen LogP contribution < -0.4 is 0 Å². The highest BCUT2D eigenvalue weighted by atomic mass is 16.5. The highest BCUT2D eigenvalue weighted by Gasteiger charge is 2.45. The van der Waals surface area contributed by atoms with Crippen molar-refractivity contribution in [1.82, 2.24) is 0 Å². The van der Waals surface area contributed by atoms with E-state index < -0.39 is 0 Å². The summed E-state index contributed by atoms with van der Waals surface area (Å²) in [5, 5.41) is 9.71. The first kappa shape index (κ1) is 10.8. The molecule has 1 heterocycles. The molecule has 1 aromatic rings. The first-order chi connectivity index (χ1) is 8.37. The van der Waals surface area contributed by atoms with Crippen LogP contribution in [0.1, 0.15) is 30.4 Å². The summed E-state index contributed by atoms with van der Waals surface area (Å²) in [6.45, 7) is 1.61. The molecule has 1 aliphatic carbocycles. The van der Waals surface area contributed by atoms with Gasteiger partial charge in [-0.1, -0.05) is 24.3 Å². The number of rotatable bonds is 1. The molecule has 0 amide bonds. The van der Waals surface area contributed by atoms with Crippen molar-refractivity contribution in [2.45, 2.75) is 31.1 Å². The number of nitrogens with zero attached hydrogens (tertiary/aromatic N) is 1. The summed E-state index contributed by atoms with van der Waals surface area (Å²) < 4.78 is 5.59. The SMILES string of the molecule is N#CC1(C2CCCOC2)CCc2ccccc21. The standard InChI is InChI=1S/C15H17NO/c16-11-15(13-5-3-9-17-10-13)8-7-12-4-1-2-6-14(12)15/h1-2,4,6,13H,3,5,7-10H2. The second-order valence-electron chi connectivity index (χ2n) is 5.15. The maximum Gasteiger partial charge on any atom is 0.0878 e. The Kier molecular flexibility index (Phi) is 2.64. The predicted molar refractivity (Wildman–Crippen MR) is 65.6 cm³/mol. The zero-order valence-electron chi connectivity index (χ0n) is 9.98. The maximum atomic E-state index is 9.71. The van der Waals surface area contributed by atoms with Gasteiger partial charge in [-0.15, -0.1) is 0 Å². The van der Waals surface area contributed by atoms with Gasteiger partial charge in [-0.3, -0.25) is 0 Å². The first-order valence-corrected chi connectivity index (χ1v) is 6.44. The van der Waals surface area contributed by atoms with E-state index in [1.54, 1.807) is 0 Å². The van der Waals surface area contributed by atoms with E-state index in [-0.39, 0.29) is 5.41 Å². The summed E-state index contributed by atoms with van der Waals surface area (Å²) in [5.41, 5.74) is 2.34. The minimum Gasteiger partial charge on any atom is -0.381 e. The second-order valence-corrected chi connectivity index (χ2v) is 5.15. The molecular weight excluding hydrogens is 210 g/mol. The molecule has 2 nitrogen and oxygen atoms in total. The third-order valence-electron chi connectivity index (χ3n) is 4.34. The van der Waals surface area contributed by atoms with Gasteiger partial charge in [-0.2, -0.15) is 5.26 Å². The largest absolute Gasteiger partial charge is 0.381 e. The molecule has 0 radical (unpaired) electrons. The van der Waals surface area contributed by atoms with E-state index in [1.807, 2.05) is 0 Å². The fraction of sp³-hybridized carbons (Fsp3) is 0.533. The number of nitriles is 1. The van der Waals surface area contributed by atoms with E-state index in [0.717, 1.165) is 38.9 Å². The Morgan fingerprint density at radius 3 is 3.00 bits per heavy atom. The van der Waals surface area contributed by atoms with Gasteiger partial charge in [-0.05, 0) is 36.8 Å². The van der Waals surface area contributed by atoms with Gasteiger partial charge in [0.05, 0.1) is 18.1 Å². The van der Waals surface area contributed by atoms with Gasteiger partial charge < -0.3 is 4.74 Å². The Morgan fingerprint density at radius 2 is 2.24 bits per heavy atom. The molecule has 2 aliphatic rings. The van der Waals surface area contributed by atoms with Gasteiger partial charge in [0.1, 0.15) is 0 Å². The summed E-state index contributed by atoms with van der Waals surface area (Å²) in [6.07, 6.45) is 4.23. The Labute approximate surface area is 102 Å². The molecular formula is C15H17NO. The van der Waals surface area contributed by atoms with Gasteiger partial charge >= 0.3 is 0 Å². The van der Waals surface area contributed by atoms with Crippen LogP contribution in [-0.4, -0.2) is 13.2 Å². The molecule has 0 N–H and O–H groups in total. The summed E-state index contributed by atoms with van der Waals surface area (Å²) in [5.74, 6) is 0.380. The molecule has 2 heteroatoms. The molecule has 0 saturated carbocycles. The van der Waals surface area contributed by atoms with Crippen molar-refractivity contribution < 1.29 is 4.74 Å². The first-order valence-electron chi connectivity index (χ1n) is 6.44. The molecule has 1 aromatic carbocycles. The van der Waals surface area contributed by atoms with Gasteiger partial charge in [-0.25, -0.2) is 0 Å². The molecule has 1 fully saturated rings. The predicted octanol–water partition coefficient (Wildman–Crippen LogP) is 2.82. The second kappa shape index (κ2) is 4.16. The number of aryl methyl sites for hydroxylation is 1. The molecule has 88 valence electrons. The lowest BCUT2D eigenvalue weighted by Gasteiger charge is -2.35. The smallest absolute Gasteiger partial charge is 0.0878 e. The average molecular weight is 227 g/mol. The van der Waals surface area contributed by atoms with E-state index in [2.05, 4.69) is 30.3 Å². The number of benzene rings is 1. The van der Waals surface area contributed by atoms with Crippen LogP contribution in [0.3, 0.4) is 0 Å². The van der Waals surface area contributed by atoms with Crippen LogP contribution in [0.5, 0.6) is 0 Å². The van der Waals surface area contributed by atoms with Gasteiger partial charge in [0.15, 0.2) is 0 Å². The van der Waals surface area contributed by atoms with E-state index >= 15 is 0 Å². The quantitative estimate of drug-likeness (QED) is 0.739. The third kappa shape index (κ3) is 1.57. The maximum absolute atomic E-state index is 9.71. The van der Waals surface area contributed by atoms with Crippen LogP contribution in [0, 0.1) is 17.2 Å². The van der Waals surface area contributed by atoms with Crippen molar-refractivity contribution in [2.75, 3.05) is 13.2 Å². The van der Waals surface area contributed by atoms with Gasteiger partial charge in [0.2, 0.25) is 0 Å². The third-order valence-corrected chi connectivity index (χ3v) is 4.34. The molecule has 1 aliphatic heterocycles. The van der Waals surface area contributed by atoms with Crippen LogP contribution in [0.25, 0.3) is 0 Å². The molecule has 17 heavy (non-hydrogen) atoms. The number of fused-ring (bicyclic) bond motifs is 1. The van der Waals surface area contributed by atoms with Gasteiger partial charge in [0, 0.05) is 12.5 Å². The van der Waals surface area contributed by atoms with Crippen LogP contribution in [0.4, 0.5) is 0 Å². The lowest BCUT2D eigenvalue weighted by atomic mass is 9.70. The van der Waals surface area contributed by atoms with Gasteiger partial charge in [0.25, 0.3) is 0 Å². The van der Waals surface area contributed by atoms with Crippen molar-refractivity contribution >= 4 is 0 Å². The lowest BCUT2D eigenvalue weighted by molar-refractivity contribution is 0.0315. The summed E-state index contributed by atoms with van der Waals surface area (Å²) >= 11 is 0. The highest BCUT2D eigenvalue weighted by molar-refractivity contribution is 5.45. The summed E-state index contributed by atoms with van der Waals surface area (Å²) in [7, 11) is 0. The van der Waals surface area contributed by atoms with Crippen LogP contribution in [-0.2, 0) is 16.6 Å². The molecule has 0 bridgehead atoms. The Hall–Kier alpha value is -1.33. The van der Waals surface area contributed by atoms with Crippen molar-refractivity contribution in [3.63, 3.8) is 0 Å². The lowest BCUT2D eigenvalue weighted by Crippen LogP contribution is -2.37. The molecule has 3 rings (SSSR count). The Balaban J connectivity index is 2.02. The van der Waals surface area contributed by atoms with Crippen LogP contribution >= 0.6 is 0 Å². The summed E-state index contributed by atoms with van der Waals surface area (Å²) in [6, 6.07) is 11.1. The zero-order chi connectivity index (χ0) is 11.7. The van der Waals surface area contributed by atoms with Crippen LogP contribution in [0.2, 0.25) is 0 Å². The van der Waals surface area contributed by atoms with E-state index in [9.17, 15) is 5.26 Å². The molecule has 0 aromatic heterocycles. The fourth-order valence-corrected chi connectivity index (χ4v) is 3.40. The number of ether oxygens (including phenoxy) is 1. The van der Waals surface area contributed by atoms with E-state index in [4.69, 9.17) is 4.74 Å². The molecule has 2 unspecified atom stereocenters. The summed E-state index contributed by atoms with van der Waals surface area (Å²) in [4.78, 5) is 0. The Morgan fingerprint density at radius 1 is 1.35 bits per heavy atom. The topological polar surface area (TPSA) is 33.0 Å². The monoisotopic (exact) mass is 227 g/mol. The van der Waals surface area contributed by atoms with Crippen molar-refractivity contribution in [3.8, 4) is 6.07 Å². The van der Waals surface area contributed by atoms with Crippen molar-refractivity contribution in [1.29, 1.82) is 5.26 Å². The Bertz CT molecular complexity index is 456. The zero-order valence-corrected chi connectivity index (χ0v) is 9.98. The van der Waals surface area contributed by atoms with Crippen molar-refractivity contribution in [2.24, 2.45) is 5.92 Å². The average Bonchev–Trinajstić information content (AvgIpc) is 2.80. The van der Waals surface area contributed by atoms with E-state index in [0.29, 0.717) is 5.92 Å². The number of hydrogen-bond donors (Lipinski definition) is 0.